The number of aromatic nitrogens is 1. The predicted molar refractivity (Wildman–Crippen MR) is 133 cm³/mol. The van der Waals surface area contributed by atoms with Crippen LogP contribution >= 0.6 is 27.5 Å². The van der Waals surface area contributed by atoms with Gasteiger partial charge in [-0.1, -0.05) is 45.7 Å². The third kappa shape index (κ3) is 5.08. The Balaban J connectivity index is 1.65. The SMILES string of the molecule is Cc1cc(Br)ccc1NC(=O)c1cc2cc(Cl)ccc2n1NC(=O)C(=O)Nc1ccccc1. The summed E-state index contributed by atoms with van der Waals surface area (Å²) < 4.78 is 2.17. The fourth-order valence-corrected chi connectivity index (χ4v) is 3.95. The molecule has 0 radical (unpaired) electrons. The Morgan fingerprint density at radius 3 is 2.36 bits per heavy atom. The highest BCUT2D eigenvalue weighted by Gasteiger charge is 2.21. The molecule has 0 atom stereocenters. The van der Waals surface area contributed by atoms with Gasteiger partial charge in [-0.2, -0.15) is 0 Å². The molecule has 0 fully saturated rings. The van der Waals surface area contributed by atoms with Gasteiger partial charge in [-0.25, -0.2) is 4.68 Å². The summed E-state index contributed by atoms with van der Waals surface area (Å²) in [4.78, 5) is 38.2. The van der Waals surface area contributed by atoms with Crippen LogP contribution in [-0.2, 0) is 9.59 Å². The van der Waals surface area contributed by atoms with Gasteiger partial charge in [-0.05, 0) is 67.1 Å². The second-order valence-corrected chi connectivity index (χ2v) is 8.59. The highest BCUT2D eigenvalue weighted by Crippen LogP contribution is 2.25. The second-order valence-electron chi connectivity index (χ2n) is 7.24. The zero-order chi connectivity index (χ0) is 23.5. The van der Waals surface area contributed by atoms with Gasteiger partial charge >= 0.3 is 11.8 Å². The minimum atomic E-state index is -0.930. The fourth-order valence-electron chi connectivity index (χ4n) is 3.29. The number of nitrogens with zero attached hydrogens (tertiary/aromatic N) is 1. The predicted octanol–water partition coefficient (Wildman–Crippen LogP) is 5.33. The van der Waals surface area contributed by atoms with Crippen molar-refractivity contribution in [2.45, 2.75) is 6.92 Å². The van der Waals surface area contributed by atoms with Crippen molar-refractivity contribution in [2.75, 3.05) is 16.1 Å². The summed E-state index contributed by atoms with van der Waals surface area (Å²) >= 11 is 9.50. The van der Waals surface area contributed by atoms with Gasteiger partial charge in [0.25, 0.3) is 5.91 Å². The lowest BCUT2D eigenvalue weighted by atomic mass is 10.2. The number of hydrogen-bond donors (Lipinski definition) is 3. The maximum Gasteiger partial charge on any atom is 0.328 e. The third-order valence-electron chi connectivity index (χ3n) is 4.88. The first-order chi connectivity index (χ1) is 15.8. The van der Waals surface area contributed by atoms with Gasteiger partial charge in [0.1, 0.15) is 5.69 Å². The quantitative estimate of drug-likeness (QED) is 0.315. The molecular formula is C24H18BrClN4O3. The van der Waals surface area contributed by atoms with Crippen LogP contribution in [0.25, 0.3) is 10.9 Å². The minimum Gasteiger partial charge on any atom is -0.320 e. The summed E-state index contributed by atoms with van der Waals surface area (Å²) in [7, 11) is 0. The van der Waals surface area contributed by atoms with Crippen LogP contribution in [0.1, 0.15) is 16.1 Å². The first kappa shape index (κ1) is 22.6. The number of carbonyl (C=O) groups is 3. The van der Waals surface area contributed by atoms with E-state index in [1.165, 1.54) is 4.68 Å². The van der Waals surface area contributed by atoms with E-state index in [0.29, 0.717) is 27.3 Å². The Kier molecular flexibility index (Phi) is 6.48. The number of para-hydroxylation sites is 1. The van der Waals surface area contributed by atoms with Gasteiger partial charge in [0.2, 0.25) is 0 Å². The molecule has 0 aliphatic rings. The van der Waals surface area contributed by atoms with Crippen LogP contribution in [0.3, 0.4) is 0 Å². The largest absolute Gasteiger partial charge is 0.328 e. The van der Waals surface area contributed by atoms with Crippen LogP contribution in [-0.4, -0.2) is 22.4 Å². The molecule has 3 N–H and O–H groups in total. The Labute approximate surface area is 202 Å². The molecule has 0 spiro atoms. The maximum absolute atomic E-state index is 13.1. The molecular weight excluding hydrogens is 508 g/mol. The van der Waals surface area contributed by atoms with Crippen molar-refractivity contribution in [1.82, 2.24) is 4.68 Å². The van der Waals surface area contributed by atoms with Gasteiger partial charge in [-0.15, -0.1) is 0 Å². The number of rotatable bonds is 4. The lowest BCUT2D eigenvalue weighted by molar-refractivity contribution is -0.133. The summed E-state index contributed by atoms with van der Waals surface area (Å²) in [5, 5.41) is 6.47. The zero-order valence-corrected chi connectivity index (χ0v) is 19.7. The normalized spacial score (nSPS) is 10.6. The number of anilines is 2. The van der Waals surface area contributed by atoms with Crippen LogP contribution < -0.4 is 16.1 Å². The number of aryl methyl sites for hydroxylation is 1. The summed E-state index contributed by atoms with van der Waals surface area (Å²) in [5.74, 6) is -2.26. The molecule has 1 heterocycles. The van der Waals surface area contributed by atoms with E-state index in [9.17, 15) is 14.4 Å². The van der Waals surface area contributed by atoms with Crippen molar-refractivity contribution in [3.63, 3.8) is 0 Å². The van der Waals surface area contributed by atoms with Crippen molar-refractivity contribution in [2.24, 2.45) is 0 Å². The van der Waals surface area contributed by atoms with Crippen molar-refractivity contribution >= 4 is 67.5 Å². The average Bonchev–Trinajstić information content (AvgIpc) is 3.13. The summed E-state index contributed by atoms with van der Waals surface area (Å²) in [6.07, 6.45) is 0. The molecule has 0 aliphatic heterocycles. The molecule has 3 amide bonds. The molecule has 7 nitrogen and oxygen atoms in total. The minimum absolute atomic E-state index is 0.135. The molecule has 0 unspecified atom stereocenters. The summed E-state index contributed by atoms with van der Waals surface area (Å²) in [5.41, 5.74) is 5.11. The highest BCUT2D eigenvalue weighted by atomic mass is 79.9. The van der Waals surface area contributed by atoms with Crippen LogP contribution in [0.15, 0.2) is 77.3 Å². The van der Waals surface area contributed by atoms with Crippen molar-refractivity contribution in [3.8, 4) is 0 Å². The smallest absolute Gasteiger partial charge is 0.320 e. The van der Waals surface area contributed by atoms with Crippen molar-refractivity contribution < 1.29 is 14.4 Å². The number of hydrogen-bond acceptors (Lipinski definition) is 3. The Bertz CT molecular complexity index is 1390. The van der Waals surface area contributed by atoms with E-state index in [0.717, 1.165) is 10.0 Å². The fraction of sp³-hybridized carbons (Fsp3) is 0.0417. The average molecular weight is 526 g/mol. The van der Waals surface area contributed by atoms with Crippen LogP contribution in [0.2, 0.25) is 5.02 Å². The molecule has 9 heteroatoms. The van der Waals surface area contributed by atoms with Gasteiger partial charge in [0, 0.05) is 26.3 Å². The molecule has 33 heavy (non-hydrogen) atoms. The number of benzene rings is 3. The van der Waals surface area contributed by atoms with E-state index in [2.05, 4.69) is 32.0 Å². The van der Waals surface area contributed by atoms with E-state index in [1.54, 1.807) is 60.7 Å². The van der Waals surface area contributed by atoms with Gasteiger partial charge in [-0.3, -0.25) is 19.8 Å². The van der Waals surface area contributed by atoms with E-state index in [-0.39, 0.29) is 5.69 Å². The number of nitrogens with one attached hydrogen (secondary N) is 3. The standard InChI is InChI=1S/C24H18BrClN4O3/c1-14-11-16(25)7-9-19(14)28-22(31)21-13-15-12-17(26)8-10-20(15)30(21)29-24(33)23(32)27-18-5-3-2-4-6-18/h2-13H,1H3,(H,27,32)(H,28,31)(H,29,33). The Morgan fingerprint density at radius 1 is 0.879 bits per heavy atom. The van der Waals surface area contributed by atoms with E-state index < -0.39 is 17.7 Å². The second kappa shape index (κ2) is 9.48. The van der Waals surface area contributed by atoms with Crippen LogP contribution in [0.4, 0.5) is 11.4 Å². The Morgan fingerprint density at radius 2 is 1.64 bits per heavy atom. The Hall–Kier alpha value is -3.62. The summed E-state index contributed by atoms with van der Waals surface area (Å²) in [6, 6.07) is 20.6. The van der Waals surface area contributed by atoms with E-state index in [1.807, 2.05) is 19.1 Å². The zero-order valence-electron chi connectivity index (χ0n) is 17.4. The molecule has 0 saturated heterocycles. The molecule has 0 saturated carbocycles. The number of carbonyl (C=O) groups excluding carboxylic acids is 3. The number of halogens is 2. The molecule has 3 aromatic carbocycles. The third-order valence-corrected chi connectivity index (χ3v) is 5.61. The lowest BCUT2D eigenvalue weighted by Gasteiger charge is -2.13. The van der Waals surface area contributed by atoms with Crippen LogP contribution in [0, 0.1) is 6.92 Å². The number of amides is 3. The van der Waals surface area contributed by atoms with Gasteiger partial charge in [0.15, 0.2) is 0 Å². The lowest BCUT2D eigenvalue weighted by Crippen LogP contribution is -2.36. The van der Waals surface area contributed by atoms with Gasteiger partial charge in [0.05, 0.1) is 5.52 Å². The molecule has 4 aromatic rings. The molecule has 0 bridgehead atoms. The first-order valence-corrected chi connectivity index (χ1v) is 11.0. The van der Waals surface area contributed by atoms with E-state index in [4.69, 9.17) is 11.6 Å². The summed E-state index contributed by atoms with van der Waals surface area (Å²) in [6.45, 7) is 1.87. The molecule has 0 aliphatic carbocycles. The van der Waals surface area contributed by atoms with Crippen LogP contribution in [0.5, 0.6) is 0 Å². The van der Waals surface area contributed by atoms with Crippen molar-refractivity contribution in [3.05, 3.63) is 93.5 Å². The first-order valence-electron chi connectivity index (χ1n) is 9.88. The maximum atomic E-state index is 13.1. The molecule has 1 aromatic heterocycles. The van der Waals surface area contributed by atoms with Gasteiger partial charge < -0.3 is 10.6 Å². The molecule has 4 rings (SSSR count). The molecule has 166 valence electrons. The number of fused-ring (bicyclic) bond motifs is 1. The topological polar surface area (TPSA) is 92.2 Å². The highest BCUT2D eigenvalue weighted by molar-refractivity contribution is 9.10. The monoisotopic (exact) mass is 524 g/mol. The van der Waals surface area contributed by atoms with Crippen molar-refractivity contribution in [1.29, 1.82) is 0 Å². The van der Waals surface area contributed by atoms with E-state index >= 15 is 0 Å².